The first kappa shape index (κ1) is 14.4. The van der Waals surface area contributed by atoms with Crippen molar-refractivity contribution < 1.29 is 19.0 Å². The molecule has 4 atom stereocenters. The third-order valence-corrected chi connectivity index (χ3v) is 4.64. The first-order chi connectivity index (χ1) is 9.11. The van der Waals surface area contributed by atoms with E-state index < -0.39 is 8.07 Å². The second kappa shape index (κ2) is 6.44. The number of nitrogens with two attached hydrogens (primary N) is 1. The highest BCUT2D eigenvalue weighted by Crippen LogP contribution is 2.43. The first-order valence-electron chi connectivity index (χ1n) is 6.07. The van der Waals surface area contributed by atoms with Crippen molar-refractivity contribution >= 4 is 14.0 Å². The minimum Gasteiger partial charge on any atom is -0.456 e. The number of methoxy groups -OCH3 is 1. The largest absolute Gasteiger partial charge is 0.456 e. The van der Waals surface area contributed by atoms with E-state index in [0.29, 0.717) is 11.7 Å². The fraction of sp³-hybridized carbons (Fsp3) is 0.462. The lowest BCUT2D eigenvalue weighted by molar-refractivity contribution is -0.113. The minimum absolute atomic E-state index is 0.200. The van der Waals surface area contributed by atoms with E-state index in [1.165, 1.54) is 0 Å². The molecule has 1 heterocycles. The van der Waals surface area contributed by atoms with E-state index in [2.05, 4.69) is 0 Å². The van der Waals surface area contributed by atoms with Gasteiger partial charge in [-0.25, -0.2) is 4.79 Å². The van der Waals surface area contributed by atoms with Crippen LogP contribution in [0.1, 0.15) is 17.3 Å². The average molecular weight is 283 g/mol. The van der Waals surface area contributed by atoms with Gasteiger partial charge in [-0.05, 0) is 19.1 Å². The highest BCUT2D eigenvalue weighted by molar-refractivity contribution is 7.55. The summed E-state index contributed by atoms with van der Waals surface area (Å²) in [5, 5.41) is 0. The van der Waals surface area contributed by atoms with Gasteiger partial charge >= 0.3 is 5.97 Å². The third-order valence-electron chi connectivity index (χ3n) is 2.98. The fourth-order valence-corrected chi connectivity index (χ4v) is 3.46. The van der Waals surface area contributed by atoms with Crippen LogP contribution in [-0.2, 0) is 14.2 Å². The smallest absolute Gasteiger partial charge is 0.338 e. The van der Waals surface area contributed by atoms with Crippen molar-refractivity contribution in [3.05, 3.63) is 35.9 Å². The lowest BCUT2D eigenvalue weighted by atomic mass is 10.2. The minimum atomic E-state index is -0.815. The average Bonchev–Trinajstić information content (AvgIpc) is 2.81. The van der Waals surface area contributed by atoms with E-state index in [-0.39, 0.29) is 24.2 Å². The highest BCUT2D eigenvalue weighted by atomic mass is 31.1. The molecule has 19 heavy (non-hydrogen) atoms. The molecule has 1 saturated heterocycles. The van der Waals surface area contributed by atoms with E-state index >= 15 is 0 Å². The van der Waals surface area contributed by atoms with Crippen LogP contribution in [0.25, 0.3) is 0 Å². The Bertz CT molecular complexity index is 428. The Balaban J connectivity index is 1.91. The summed E-state index contributed by atoms with van der Waals surface area (Å²) in [6, 6.07) is 8.53. The van der Waals surface area contributed by atoms with Gasteiger partial charge in [0, 0.05) is 21.3 Å². The van der Waals surface area contributed by atoms with Crippen molar-refractivity contribution in [2.45, 2.75) is 25.2 Å². The molecule has 2 rings (SSSR count). The zero-order valence-electron chi connectivity index (χ0n) is 11.0. The van der Waals surface area contributed by atoms with Gasteiger partial charge in [0.1, 0.15) is 12.2 Å². The molecule has 1 aliphatic heterocycles. The zero-order chi connectivity index (χ0) is 13.8. The number of esters is 1. The predicted octanol–water partition coefficient (Wildman–Crippen LogP) is 1.92. The lowest BCUT2D eigenvalue weighted by Crippen LogP contribution is -2.31. The van der Waals surface area contributed by atoms with Gasteiger partial charge in [0.15, 0.2) is 6.03 Å². The monoisotopic (exact) mass is 283 g/mol. The number of hydrogen-bond acceptors (Lipinski definition) is 5. The van der Waals surface area contributed by atoms with E-state index in [4.69, 9.17) is 19.7 Å². The summed E-state index contributed by atoms with van der Waals surface area (Å²) in [5.74, 6) is -0.348. The molecule has 2 N–H and O–H groups in total. The summed E-state index contributed by atoms with van der Waals surface area (Å²) in [7, 11) is 0.750. The Morgan fingerprint density at radius 2 is 2.16 bits per heavy atom. The van der Waals surface area contributed by atoms with Crippen molar-refractivity contribution in [2.24, 2.45) is 5.50 Å². The Labute approximate surface area is 113 Å². The maximum absolute atomic E-state index is 11.9. The molecule has 0 radical (unpaired) electrons. The summed E-state index contributed by atoms with van der Waals surface area (Å²) in [6.45, 7) is 1.81. The predicted molar refractivity (Wildman–Crippen MR) is 73.0 cm³/mol. The van der Waals surface area contributed by atoms with Gasteiger partial charge < -0.3 is 19.7 Å². The zero-order valence-corrected chi connectivity index (χ0v) is 11.9. The normalized spacial score (nSPS) is 28.1. The molecule has 1 aromatic carbocycles. The standard InChI is InChI=1S/C13H18NO4P/c1-9(11-8-19(14)13(16-2)18-11)17-12(15)10-6-4-3-5-7-10/h3-7,9,11,13H,8,14H2,1-2H3/t9?,11-,13?,19-/m0/s1. The molecule has 1 aromatic rings. The second-order valence-electron chi connectivity index (χ2n) is 4.39. The van der Waals surface area contributed by atoms with Gasteiger partial charge in [0.25, 0.3) is 0 Å². The van der Waals surface area contributed by atoms with Crippen LogP contribution in [0.5, 0.6) is 0 Å². The summed E-state index contributed by atoms with van der Waals surface area (Å²) < 4.78 is 16.2. The van der Waals surface area contributed by atoms with Gasteiger partial charge in [0.2, 0.25) is 0 Å². The molecule has 0 aromatic heterocycles. The molecule has 1 aliphatic rings. The van der Waals surface area contributed by atoms with Crippen LogP contribution < -0.4 is 5.50 Å². The maximum Gasteiger partial charge on any atom is 0.338 e. The maximum atomic E-state index is 11.9. The molecule has 2 unspecified atom stereocenters. The van der Waals surface area contributed by atoms with Crippen molar-refractivity contribution in [1.29, 1.82) is 0 Å². The molecule has 5 nitrogen and oxygen atoms in total. The molecule has 0 bridgehead atoms. The molecule has 104 valence electrons. The van der Waals surface area contributed by atoms with Crippen LogP contribution in [0.2, 0.25) is 0 Å². The highest BCUT2D eigenvalue weighted by Gasteiger charge is 2.37. The van der Waals surface area contributed by atoms with E-state index in [1.807, 2.05) is 13.0 Å². The van der Waals surface area contributed by atoms with Crippen molar-refractivity contribution in [2.75, 3.05) is 13.3 Å². The van der Waals surface area contributed by atoms with E-state index in [9.17, 15) is 4.79 Å². The molecule has 6 heteroatoms. The molecule has 0 saturated carbocycles. The lowest BCUT2D eigenvalue weighted by Gasteiger charge is -2.19. The van der Waals surface area contributed by atoms with E-state index in [1.54, 1.807) is 31.4 Å². The molecule has 1 fully saturated rings. The van der Waals surface area contributed by atoms with Crippen molar-refractivity contribution in [3.8, 4) is 0 Å². The molecule has 0 aliphatic carbocycles. The van der Waals surface area contributed by atoms with Crippen LogP contribution in [0.3, 0.4) is 0 Å². The number of hydrogen-bond donors (Lipinski definition) is 1. The Morgan fingerprint density at radius 1 is 1.47 bits per heavy atom. The number of carbonyl (C=O) groups is 1. The molecule has 0 spiro atoms. The van der Waals surface area contributed by atoms with Gasteiger partial charge in [-0.2, -0.15) is 0 Å². The Morgan fingerprint density at radius 3 is 2.74 bits per heavy atom. The van der Waals surface area contributed by atoms with Crippen LogP contribution >= 0.6 is 8.07 Å². The number of benzene rings is 1. The summed E-state index contributed by atoms with van der Waals surface area (Å²) in [5.41, 5.74) is 6.47. The molecular weight excluding hydrogens is 265 g/mol. The first-order valence-corrected chi connectivity index (χ1v) is 7.74. The van der Waals surface area contributed by atoms with Crippen molar-refractivity contribution in [3.63, 3.8) is 0 Å². The summed E-state index contributed by atoms with van der Waals surface area (Å²) in [6.07, 6.45) is 0.131. The number of ether oxygens (including phenoxy) is 3. The van der Waals surface area contributed by atoms with Crippen LogP contribution in [0.15, 0.2) is 30.3 Å². The molecule has 0 amide bonds. The van der Waals surface area contributed by atoms with Crippen LogP contribution in [0, 0.1) is 0 Å². The molecular formula is C13H18NO4P. The fourth-order valence-electron chi connectivity index (χ4n) is 1.90. The van der Waals surface area contributed by atoms with Gasteiger partial charge in [0.05, 0.1) is 5.56 Å². The van der Waals surface area contributed by atoms with Gasteiger partial charge in [-0.15, -0.1) is 0 Å². The number of rotatable bonds is 4. The van der Waals surface area contributed by atoms with Gasteiger partial charge in [-0.1, -0.05) is 18.2 Å². The van der Waals surface area contributed by atoms with Gasteiger partial charge in [-0.3, -0.25) is 0 Å². The van der Waals surface area contributed by atoms with Crippen LogP contribution in [0.4, 0.5) is 0 Å². The summed E-state index contributed by atoms with van der Waals surface area (Å²) in [4.78, 5) is 11.9. The quantitative estimate of drug-likeness (QED) is 0.675. The SMILES string of the molecule is COC1O[C@H](C(C)OC(=O)c2ccccc2)C[P@]1N. The second-order valence-corrected chi connectivity index (χ2v) is 6.21. The Kier molecular flexibility index (Phi) is 4.88. The number of carbonyl (C=O) groups excluding carboxylic acids is 1. The third kappa shape index (κ3) is 3.51. The van der Waals surface area contributed by atoms with E-state index in [0.717, 1.165) is 0 Å². The Hall–Kier alpha value is -1.000. The van der Waals surface area contributed by atoms with Crippen molar-refractivity contribution in [1.82, 2.24) is 0 Å². The topological polar surface area (TPSA) is 70.8 Å². The van der Waals surface area contributed by atoms with Crippen LogP contribution in [-0.4, -0.2) is 37.5 Å². The summed E-state index contributed by atoms with van der Waals surface area (Å²) >= 11 is 0.